The van der Waals surface area contributed by atoms with Crippen molar-refractivity contribution in [2.75, 3.05) is 6.61 Å². The minimum Gasteiger partial charge on any atom is -0.462 e. The zero-order valence-electron chi connectivity index (χ0n) is 9.21. The Balaban J connectivity index is 3.27. The highest BCUT2D eigenvalue weighted by Gasteiger charge is 2.17. The zero-order chi connectivity index (χ0) is 12.1. The van der Waals surface area contributed by atoms with Crippen LogP contribution >= 0.6 is 0 Å². The highest BCUT2D eigenvalue weighted by molar-refractivity contribution is 5.90. The summed E-state index contributed by atoms with van der Waals surface area (Å²) in [4.78, 5) is 11.4. The monoisotopic (exact) mass is 221 g/mol. The molecule has 0 heterocycles. The van der Waals surface area contributed by atoms with Crippen molar-refractivity contribution >= 4 is 5.97 Å². The van der Waals surface area contributed by atoms with Gasteiger partial charge >= 0.3 is 5.97 Å². The Morgan fingerprint density at radius 2 is 2.19 bits per heavy atom. The Kier molecular flexibility index (Phi) is 4.01. The van der Waals surface area contributed by atoms with Crippen LogP contribution in [0, 0.1) is 17.1 Å². The van der Waals surface area contributed by atoms with Gasteiger partial charge in [0.15, 0.2) is 0 Å². The Hall–Kier alpha value is -1.89. The quantitative estimate of drug-likeness (QED) is 0.736. The molecule has 0 N–H and O–H groups in total. The summed E-state index contributed by atoms with van der Waals surface area (Å²) in [5.74, 6) is -1.33. The highest BCUT2D eigenvalue weighted by Crippen LogP contribution is 2.17. The van der Waals surface area contributed by atoms with E-state index in [-0.39, 0.29) is 17.7 Å². The number of nitrogens with zero attached hydrogens (tertiary/aromatic N) is 1. The average molecular weight is 221 g/mol. The Bertz CT molecular complexity index is 449. The summed E-state index contributed by atoms with van der Waals surface area (Å²) in [5, 5.41) is 8.76. The molecule has 16 heavy (non-hydrogen) atoms. The summed E-state index contributed by atoms with van der Waals surface area (Å²) in [6.07, 6.45) is 0.424. The normalized spacial score (nSPS) is 9.62. The zero-order valence-corrected chi connectivity index (χ0v) is 9.21. The lowest BCUT2D eigenvalue weighted by molar-refractivity contribution is 0.0520. The second-order valence-corrected chi connectivity index (χ2v) is 3.18. The van der Waals surface area contributed by atoms with Crippen LogP contribution in [0.2, 0.25) is 0 Å². The van der Waals surface area contributed by atoms with Gasteiger partial charge in [0.25, 0.3) is 0 Å². The van der Waals surface area contributed by atoms with Crippen LogP contribution in [-0.4, -0.2) is 12.6 Å². The first-order chi connectivity index (χ1) is 7.63. The average Bonchev–Trinajstić information content (AvgIpc) is 2.29. The molecule has 3 nitrogen and oxygen atoms in total. The molecule has 0 radical (unpaired) electrons. The van der Waals surface area contributed by atoms with Gasteiger partial charge in [-0.2, -0.15) is 5.26 Å². The number of esters is 1. The van der Waals surface area contributed by atoms with Crippen LogP contribution in [0.3, 0.4) is 0 Å². The number of benzene rings is 1. The summed E-state index contributed by atoms with van der Waals surface area (Å²) >= 11 is 0. The number of nitriles is 1. The van der Waals surface area contributed by atoms with E-state index in [4.69, 9.17) is 10.00 Å². The predicted molar refractivity (Wildman–Crippen MR) is 56.4 cm³/mol. The Morgan fingerprint density at radius 3 is 2.69 bits per heavy atom. The topological polar surface area (TPSA) is 50.1 Å². The molecule has 0 aromatic heterocycles. The number of carbonyl (C=O) groups excluding carboxylic acids is 1. The van der Waals surface area contributed by atoms with Gasteiger partial charge in [0.2, 0.25) is 0 Å². The van der Waals surface area contributed by atoms with E-state index in [0.717, 1.165) is 0 Å². The minimum atomic E-state index is -0.730. The second-order valence-electron chi connectivity index (χ2n) is 3.18. The van der Waals surface area contributed by atoms with Crippen LogP contribution in [0.4, 0.5) is 4.39 Å². The Labute approximate surface area is 93.5 Å². The molecular weight excluding hydrogens is 209 g/mol. The fourth-order valence-corrected chi connectivity index (χ4v) is 1.36. The van der Waals surface area contributed by atoms with E-state index < -0.39 is 11.8 Å². The van der Waals surface area contributed by atoms with Gasteiger partial charge < -0.3 is 4.74 Å². The van der Waals surface area contributed by atoms with E-state index in [1.165, 1.54) is 12.1 Å². The highest BCUT2D eigenvalue weighted by atomic mass is 19.1. The molecule has 84 valence electrons. The van der Waals surface area contributed by atoms with Crippen LogP contribution in [0.1, 0.15) is 35.3 Å². The number of hydrogen-bond donors (Lipinski definition) is 0. The number of ether oxygens (including phenoxy) is 1. The summed E-state index contributed by atoms with van der Waals surface area (Å²) < 4.78 is 18.5. The largest absolute Gasteiger partial charge is 0.462 e. The van der Waals surface area contributed by atoms with E-state index in [9.17, 15) is 9.18 Å². The second kappa shape index (κ2) is 5.26. The summed E-state index contributed by atoms with van der Waals surface area (Å²) in [6.45, 7) is 3.58. The molecule has 0 bridgehead atoms. The molecule has 4 heteroatoms. The number of aryl methyl sites for hydroxylation is 1. The molecule has 0 unspecified atom stereocenters. The van der Waals surface area contributed by atoms with Gasteiger partial charge in [0.05, 0.1) is 23.8 Å². The van der Waals surface area contributed by atoms with E-state index in [1.54, 1.807) is 13.8 Å². The third-order valence-electron chi connectivity index (χ3n) is 2.15. The van der Waals surface area contributed by atoms with Crippen molar-refractivity contribution in [3.8, 4) is 6.07 Å². The van der Waals surface area contributed by atoms with Crippen LogP contribution in [-0.2, 0) is 11.2 Å². The standard InChI is InChI=1S/C12H12FNO2/c1-3-9-5-8(7-14)6-10(11(9)13)12(15)16-4-2/h5-6H,3-4H2,1-2H3. The van der Waals surface area contributed by atoms with Gasteiger partial charge in [-0.15, -0.1) is 0 Å². The van der Waals surface area contributed by atoms with Crippen LogP contribution < -0.4 is 0 Å². The van der Waals surface area contributed by atoms with Gasteiger partial charge in [-0.3, -0.25) is 0 Å². The van der Waals surface area contributed by atoms with E-state index in [2.05, 4.69) is 0 Å². The molecule has 0 aliphatic heterocycles. The Morgan fingerprint density at radius 1 is 1.50 bits per heavy atom. The van der Waals surface area contributed by atoms with Crippen LogP contribution in [0.25, 0.3) is 0 Å². The summed E-state index contributed by atoms with van der Waals surface area (Å²) in [5.41, 5.74) is 0.446. The number of halogens is 1. The molecule has 0 saturated heterocycles. The van der Waals surface area contributed by atoms with Gasteiger partial charge in [0.1, 0.15) is 5.82 Å². The van der Waals surface area contributed by atoms with Gasteiger partial charge in [0, 0.05) is 0 Å². The fourth-order valence-electron chi connectivity index (χ4n) is 1.36. The number of carbonyl (C=O) groups is 1. The van der Waals surface area contributed by atoms with E-state index in [1.807, 2.05) is 6.07 Å². The first-order valence-electron chi connectivity index (χ1n) is 5.03. The van der Waals surface area contributed by atoms with Crippen LogP contribution in [0.5, 0.6) is 0 Å². The van der Waals surface area contributed by atoms with Gasteiger partial charge in [-0.05, 0) is 31.0 Å². The molecule has 0 aliphatic rings. The molecule has 0 atom stereocenters. The third kappa shape index (κ3) is 2.37. The van der Waals surface area contributed by atoms with Crippen molar-refractivity contribution in [3.63, 3.8) is 0 Å². The lowest BCUT2D eigenvalue weighted by Gasteiger charge is -2.07. The van der Waals surface area contributed by atoms with Crippen molar-refractivity contribution < 1.29 is 13.9 Å². The smallest absolute Gasteiger partial charge is 0.341 e. The molecule has 0 saturated carbocycles. The number of rotatable bonds is 3. The maximum absolute atomic E-state index is 13.8. The van der Waals surface area contributed by atoms with Crippen LogP contribution in [0.15, 0.2) is 12.1 Å². The van der Waals surface area contributed by atoms with Gasteiger partial charge in [-0.1, -0.05) is 6.92 Å². The lowest BCUT2D eigenvalue weighted by atomic mass is 10.0. The first-order valence-corrected chi connectivity index (χ1v) is 5.03. The van der Waals surface area contributed by atoms with Crippen molar-refractivity contribution in [1.82, 2.24) is 0 Å². The summed E-state index contributed by atoms with van der Waals surface area (Å²) in [7, 11) is 0. The van der Waals surface area contributed by atoms with Crippen molar-refractivity contribution in [1.29, 1.82) is 5.26 Å². The first kappa shape index (κ1) is 12.2. The maximum atomic E-state index is 13.8. The molecule has 0 spiro atoms. The maximum Gasteiger partial charge on any atom is 0.341 e. The van der Waals surface area contributed by atoms with Crippen molar-refractivity contribution in [2.24, 2.45) is 0 Å². The van der Waals surface area contributed by atoms with E-state index >= 15 is 0 Å². The third-order valence-corrected chi connectivity index (χ3v) is 2.15. The molecular formula is C12H12FNO2. The van der Waals surface area contributed by atoms with Crippen molar-refractivity contribution in [2.45, 2.75) is 20.3 Å². The van der Waals surface area contributed by atoms with Gasteiger partial charge in [-0.25, -0.2) is 9.18 Å². The molecule has 1 rings (SSSR count). The predicted octanol–water partition coefficient (Wildman–Crippen LogP) is 2.44. The SMILES string of the molecule is CCOC(=O)c1cc(C#N)cc(CC)c1F. The molecule has 1 aromatic rings. The number of hydrogen-bond acceptors (Lipinski definition) is 3. The molecule has 0 aliphatic carbocycles. The molecule has 0 fully saturated rings. The van der Waals surface area contributed by atoms with Crippen molar-refractivity contribution in [3.05, 3.63) is 34.6 Å². The molecule has 1 aromatic carbocycles. The molecule has 0 amide bonds. The fraction of sp³-hybridized carbons (Fsp3) is 0.333. The van der Waals surface area contributed by atoms with E-state index in [0.29, 0.717) is 12.0 Å². The minimum absolute atomic E-state index is 0.169. The lowest BCUT2D eigenvalue weighted by Crippen LogP contribution is -2.09. The summed E-state index contributed by atoms with van der Waals surface area (Å²) in [6, 6.07) is 4.55.